The first-order valence-electron chi connectivity index (χ1n) is 36.0. The van der Waals surface area contributed by atoms with Crippen molar-refractivity contribution in [2.45, 2.75) is 424 Å². The number of hydrogen-bond donors (Lipinski definition) is 3. The number of aliphatic hydroxyl groups excluding tert-OH is 2. The molecule has 78 heavy (non-hydrogen) atoms. The number of amides is 1. The van der Waals surface area contributed by atoms with E-state index >= 15 is 0 Å². The van der Waals surface area contributed by atoms with Gasteiger partial charge >= 0.3 is 5.97 Å². The highest BCUT2D eigenvalue weighted by atomic mass is 16.5. The topological polar surface area (TPSA) is 95.9 Å². The van der Waals surface area contributed by atoms with E-state index in [9.17, 15) is 19.8 Å². The molecule has 0 aromatic rings. The van der Waals surface area contributed by atoms with E-state index in [2.05, 4.69) is 19.2 Å². The van der Waals surface area contributed by atoms with Gasteiger partial charge in [0.25, 0.3) is 0 Å². The molecule has 2 unspecified atom stereocenters. The van der Waals surface area contributed by atoms with Crippen LogP contribution in [0.3, 0.4) is 0 Å². The number of carbonyl (C=O) groups is 2. The monoisotopic (exact) mass is 1100 g/mol. The van der Waals surface area contributed by atoms with Crippen LogP contribution in [-0.4, -0.2) is 47.4 Å². The summed E-state index contributed by atoms with van der Waals surface area (Å²) < 4.78 is 5.49. The van der Waals surface area contributed by atoms with Crippen molar-refractivity contribution in [2.75, 3.05) is 13.2 Å². The van der Waals surface area contributed by atoms with E-state index in [1.54, 1.807) is 6.08 Å². The van der Waals surface area contributed by atoms with Gasteiger partial charge in [0.05, 0.1) is 25.4 Å². The number of hydrogen-bond acceptors (Lipinski definition) is 5. The highest BCUT2D eigenvalue weighted by Crippen LogP contribution is 2.19. The molecule has 3 N–H and O–H groups in total. The van der Waals surface area contributed by atoms with E-state index < -0.39 is 12.1 Å². The van der Waals surface area contributed by atoms with Crippen LogP contribution < -0.4 is 5.32 Å². The summed E-state index contributed by atoms with van der Waals surface area (Å²) >= 11 is 0. The number of nitrogens with one attached hydrogen (secondary N) is 1. The molecule has 6 heteroatoms. The summed E-state index contributed by atoms with van der Waals surface area (Å²) in [5.74, 6) is -0.0378. The van der Waals surface area contributed by atoms with Crippen LogP contribution in [0.25, 0.3) is 0 Å². The van der Waals surface area contributed by atoms with Gasteiger partial charge in [0.1, 0.15) is 0 Å². The van der Waals surface area contributed by atoms with Crippen LogP contribution in [0.2, 0.25) is 0 Å². The van der Waals surface area contributed by atoms with Gasteiger partial charge in [-0.25, -0.2) is 0 Å². The van der Waals surface area contributed by atoms with E-state index in [-0.39, 0.29) is 18.5 Å². The summed E-state index contributed by atoms with van der Waals surface area (Å²) in [5.41, 5.74) is 0. The molecule has 0 aliphatic carbocycles. The lowest BCUT2D eigenvalue weighted by molar-refractivity contribution is -0.143. The quantitative estimate of drug-likeness (QED) is 0.0320. The fourth-order valence-corrected chi connectivity index (χ4v) is 11.6. The smallest absolute Gasteiger partial charge is 0.305 e. The van der Waals surface area contributed by atoms with Crippen LogP contribution >= 0.6 is 0 Å². The first-order valence-corrected chi connectivity index (χ1v) is 36.0. The number of ether oxygens (including phenoxy) is 1. The molecule has 1 amide bonds. The summed E-state index contributed by atoms with van der Waals surface area (Å²) in [6.45, 7) is 4.95. The number of aliphatic hydroxyl groups is 2. The fourth-order valence-electron chi connectivity index (χ4n) is 11.6. The van der Waals surface area contributed by atoms with Gasteiger partial charge in [-0.1, -0.05) is 379 Å². The first-order chi connectivity index (χ1) is 38.5. The minimum atomic E-state index is -0.841. The molecule has 2 atom stereocenters. The maximum atomic E-state index is 12.5. The Kier molecular flexibility index (Phi) is 66.9. The van der Waals surface area contributed by atoms with Gasteiger partial charge in [-0.2, -0.15) is 0 Å². The van der Waals surface area contributed by atoms with Crippen LogP contribution in [0.1, 0.15) is 412 Å². The van der Waals surface area contributed by atoms with Gasteiger partial charge in [-0.05, 0) is 32.1 Å². The Hall–Kier alpha value is -1.40. The molecule has 0 spiro atoms. The van der Waals surface area contributed by atoms with Crippen molar-refractivity contribution in [2.24, 2.45) is 0 Å². The number of allylic oxidation sites excluding steroid dienone is 1. The maximum absolute atomic E-state index is 12.5. The van der Waals surface area contributed by atoms with Crippen molar-refractivity contribution in [1.29, 1.82) is 0 Å². The second-order valence-electron chi connectivity index (χ2n) is 24.9. The van der Waals surface area contributed by atoms with Gasteiger partial charge in [0.15, 0.2) is 0 Å². The molecule has 0 fully saturated rings. The van der Waals surface area contributed by atoms with Crippen molar-refractivity contribution >= 4 is 11.9 Å². The molecule has 0 radical (unpaired) electrons. The molecule has 464 valence electrons. The van der Waals surface area contributed by atoms with Crippen LogP contribution in [0.5, 0.6) is 0 Å². The van der Waals surface area contributed by atoms with Crippen molar-refractivity contribution in [3.8, 4) is 0 Å². The van der Waals surface area contributed by atoms with E-state index in [1.807, 2.05) is 6.08 Å². The highest BCUT2D eigenvalue weighted by molar-refractivity contribution is 5.76. The third-order valence-electron chi connectivity index (χ3n) is 17.1. The largest absolute Gasteiger partial charge is 0.466 e. The zero-order valence-electron chi connectivity index (χ0n) is 53.2. The number of carbonyl (C=O) groups excluding carboxylic acids is 2. The lowest BCUT2D eigenvalue weighted by atomic mass is 10.0. The summed E-state index contributed by atoms with van der Waals surface area (Å²) in [5, 5.41) is 23.2. The third kappa shape index (κ3) is 63.8. The molecule has 0 saturated heterocycles. The van der Waals surface area contributed by atoms with E-state index in [0.717, 1.165) is 38.5 Å². The average Bonchev–Trinajstić information content (AvgIpc) is 3.44. The summed E-state index contributed by atoms with van der Waals surface area (Å²) in [6, 6.07) is -0.624. The van der Waals surface area contributed by atoms with E-state index in [4.69, 9.17) is 4.74 Å². The van der Waals surface area contributed by atoms with Gasteiger partial charge in [0.2, 0.25) is 5.91 Å². The Morgan fingerprint density at radius 2 is 0.590 bits per heavy atom. The normalized spacial score (nSPS) is 12.5. The Morgan fingerprint density at radius 1 is 0.346 bits per heavy atom. The van der Waals surface area contributed by atoms with Crippen LogP contribution in [-0.2, 0) is 14.3 Å². The molecule has 0 heterocycles. The van der Waals surface area contributed by atoms with Crippen molar-refractivity contribution in [3.05, 3.63) is 12.2 Å². The standard InChI is InChI=1S/C72H141NO5/c1-3-5-7-9-11-13-15-17-18-19-35-38-41-44-48-52-56-60-64-70(75)69(68-74)73-71(76)65-61-57-53-49-45-42-39-36-33-31-29-27-25-23-21-20-22-24-26-28-30-32-34-37-40-43-47-51-55-59-63-67-78-72(77)66-62-58-54-50-46-16-14-12-10-8-6-4-2/h60,64,69-70,74-75H,3-59,61-63,65-68H2,1-2H3,(H,73,76)/b64-60+. The average molecular weight is 1100 g/mol. The van der Waals surface area contributed by atoms with Crippen LogP contribution in [0, 0.1) is 0 Å². The van der Waals surface area contributed by atoms with Gasteiger partial charge in [-0.15, -0.1) is 0 Å². The van der Waals surface area contributed by atoms with Crippen LogP contribution in [0.4, 0.5) is 0 Å². The predicted octanol–water partition coefficient (Wildman–Crippen LogP) is 23.1. The number of unbranched alkanes of at least 4 members (excludes halogenated alkanes) is 57. The molecule has 0 rings (SSSR count). The highest BCUT2D eigenvalue weighted by Gasteiger charge is 2.18. The minimum Gasteiger partial charge on any atom is -0.466 e. The molecule has 0 aromatic heterocycles. The Balaban J connectivity index is 3.34. The predicted molar refractivity (Wildman–Crippen MR) is 343 cm³/mol. The molecule has 0 bridgehead atoms. The molecule has 6 nitrogen and oxygen atoms in total. The molecule has 0 aromatic carbocycles. The SMILES string of the molecule is CCCCCCCCCCCCCCCCCC/C=C/C(O)C(CO)NC(=O)CCCCCCCCCCCCCCCCCCCCCCCCCCCCCCCCCOC(=O)CCCCCCCCCCCCCC. The lowest BCUT2D eigenvalue weighted by Crippen LogP contribution is -2.45. The molecule has 0 aliphatic rings. The van der Waals surface area contributed by atoms with Crippen LogP contribution in [0.15, 0.2) is 12.2 Å². The number of rotatable bonds is 68. The maximum Gasteiger partial charge on any atom is 0.305 e. The molecule has 0 aliphatic heterocycles. The molecular formula is C72H141NO5. The molecule has 0 saturated carbocycles. The summed E-state index contributed by atoms with van der Waals surface area (Å²) in [7, 11) is 0. The van der Waals surface area contributed by atoms with E-state index in [1.165, 1.54) is 347 Å². The van der Waals surface area contributed by atoms with Gasteiger partial charge in [-0.3, -0.25) is 9.59 Å². The minimum absolute atomic E-state index is 0.0219. The van der Waals surface area contributed by atoms with Gasteiger partial charge < -0.3 is 20.3 Å². The van der Waals surface area contributed by atoms with Crippen molar-refractivity contribution in [1.82, 2.24) is 5.32 Å². The first kappa shape index (κ1) is 76.6. The van der Waals surface area contributed by atoms with Crippen molar-refractivity contribution < 1.29 is 24.5 Å². The van der Waals surface area contributed by atoms with E-state index in [0.29, 0.717) is 19.4 Å². The van der Waals surface area contributed by atoms with Gasteiger partial charge in [0, 0.05) is 12.8 Å². The summed E-state index contributed by atoms with van der Waals surface area (Å²) in [6.07, 6.45) is 84.5. The second-order valence-corrected chi connectivity index (χ2v) is 24.9. The zero-order valence-corrected chi connectivity index (χ0v) is 53.2. The third-order valence-corrected chi connectivity index (χ3v) is 17.1. The fraction of sp³-hybridized carbons (Fsp3) is 0.944. The lowest BCUT2D eigenvalue weighted by Gasteiger charge is -2.20. The number of esters is 1. The zero-order chi connectivity index (χ0) is 56.4. The van der Waals surface area contributed by atoms with Crippen molar-refractivity contribution in [3.63, 3.8) is 0 Å². The Labute approximate surface area is 489 Å². The Morgan fingerprint density at radius 3 is 0.872 bits per heavy atom. The Bertz CT molecular complexity index is 1180. The molecular weight excluding hydrogens is 959 g/mol. The second kappa shape index (κ2) is 68.1. The summed E-state index contributed by atoms with van der Waals surface area (Å²) in [4.78, 5) is 24.5.